The molecule has 0 aliphatic heterocycles. The van der Waals surface area contributed by atoms with Gasteiger partial charge in [-0.05, 0) is 30.7 Å². The van der Waals surface area contributed by atoms with Crippen molar-refractivity contribution >= 4 is 11.6 Å². The zero-order chi connectivity index (χ0) is 21.3. The van der Waals surface area contributed by atoms with E-state index in [9.17, 15) is 18.0 Å². The van der Waals surface area contributed by atoms with Crippen LogP contribution in [0.3, 0.4) is 0 Å². The molecular formula is C19H14F3N7O. The smallest absolute Gasteiger partial charge is 0.320 e. The van der Waals surface area contributed by atoms with E-state index < -0.39 is 23.3 Å². The van der Waals surface area contributed by atoms with Crippen LogP contribution in [-0.2, 0) is 6.18 Å². The summed E-state index contributed by atoms with van der Waals surface area (Å²) >= 11 is 0. The van der Waals surface area contributed by atoms with E-state index in [4.69, 9.17) is 0 Å². The van der Waals surface area contributed by atoms with Crippen molar-refractivity contribution in [3.05, 3.63) is 78.0 Å². The third kappa shape index (κ3) is 3.64. The van der Waals surface area contributed by atoms with Gasteiger partial charge in [-0.15, -0.1) is 4.80 Å². The number of anilines is 1. The van der Waals surface area contributed by atoms with Crippen LogP contribution in [0.2, 0.25) is 0 Å². The van der Waals surface area contributed by atoms with Gasteiger partial charge in [0.05, 0.1) is 41.7 Å². The normalized spacial score (nSPS) is 11.5. The lowest BCUT2D eigenvalue weighted by atomic mass is 10.1. The first kappa shape index (κ1) is 19.3. The van der Waals surface area contributed by atoms with Crippen LogP contribution in [0.1, 0.15) is 21.6 Å². The fourth-order valence-corrected chi connectivity index (χ4v) is 2.88. The molecule has 0 saturated carbocycles. The Morgan fingerprint density at radius 2 is 1.73 bits per heavy atom. The van der Waals surface area contributed by atoms with E-state index >= 15 is 0 Å². The van der Waals surface area contributed by atoms with Crippen molar-refractivity contribution in [3.8, 4) is 11.5 Å². The van der Waals surface area contributed by atoms with Crippen molar-refractivity contribution in [1.82, 2.24) is 29.8 Å². The zero-order valence-electron chi connectivity index (χ0n) is 15.5. The Kier molecular flexibility index (Phi) is 4.78. The first-order chi connectivity index (χ1) is 14.3. The topological polar surface area (TPSA) is 90.5 Å². The number of carbonyl (C=O) groups is 1. The molecule has 3 heterocycles. The predicted molar refractivity (Wildman–Crippen MR) is 100 cm³/mol. The summed E-state index contributed by atoms with van der Waals surface area (Å²) < 4.78 is 42.1. The van der Waals surface area contributed by atoms with Gasteiger partial charge in [-0.1, -0.05) is 18.2 Å². The van der Waals surface area contributed by atoms with Crippen molar-refractivity contribution in [2.45, 2.75) is 13.1 Å². The number of halogens is 3. The maximum Gasteiger partial charge on any atom is 0.434 e. The van der Waals surface area contributed by atoms with E-state index in [-0.39, 0.29) is 11.4 Å². The Morgan fingerprint density at radius 3 is 2.37 bits per heavy atom. The summed E-state index contributed by atoms with van der Waals surface area (Å²) in [5.74, 6) is -0.560. The standard InChI is InChI=1S/C19H14F3N7O/c1-12-4-2-3-5-15(12)28-17(19(20,21)22)14(11-26-28)18(30)27-13-6-7-16(23-10-13)29-24-8-9-25-29/h2-11H,1H3,(H,27,30). The number of carbonyl (C=O) groups excluding carboxylic acids is 1. The average Bonchev–Trinajstić information content (AvgIpc) is 3.39. The second-order valence-electron chi connectivity index (χ2n) is 6.28. The lowest BCUT2D eigenvalue weighted by Crippen LogP contribution is -2.21. The zero-order valence-corrected chi connectivity index (χ0v) is 15.5. The Morgan fingerprint density at radius 1 is 1.00 bits per heavy atom. The summed E-state index contributed by atoms with van der Waals surface area (Å²) in [6, 6.07) is 9.49. The summed E-state index contributed by atoms with van der Waals surface area (Å²) in [5.41, 5.74) is -0.706. The number of nitrogens with one attached hydrogen (secondary N) is 1. The highest BCUT2D eigenvalue weighted by molar-refractivity contribution is 6.05. The van der Waals surface area contributed by atoms with E-state index in [2.05, 4.69) is 25.6 Å². The van der Waals surface area contributed by atoms with Crippen LogP contribution in [0.15, 0.2) is 61.2 Å². The monoisotopic (exact) mass is 413 g/mol. The molecule has 4 rings (SSSR count). The Bertz CT molecular complexity index is 1180. The molecular weight excluding hydrogens is 399 g/mol. The Hall–Kier alpha value is -4.02. The SMILES string of the molecule is Cc1ccccc1-n1ncc(C(=O)Nc2ccc(-n3nccn3)nc2)c1C(F)(F)F. The molecule has 0 unspecified atom stereocenters. The summed E-state index contributed by atoms with van der Waals surface area (Å²) in [4.78, 5) is 17.9. The van der Waals surface area contributed by atoms with Crippen LogP contribution in [0.5, 0.6) is 0 Å². The minimum absolute atomic E-state index is 0.215. The van der Waals surface area contributed by atoms with E-state index in [1.54, 1.807) is 25.1 Å². The molecule has 8 nitrogen and oxygen atoms in total. The minimum Gasteiger partial charge on any atom is -0.320 e. The molecule has 1 amide bonds. The van der Waals surface area contributed by atoms with Crippen LogP contribution >= 0.6 is 0 Å². The van der Waals surface area contributed by atoms with Crippen LogP contribution < -0.4 is 5.32 Å². The van der Waals surface area contributed by atoms with Gasteiger partial charge >= 0.3 is 6.18 Å². The predicted octanol–water partition coefficient (Wildman–Crippen LogP) is 3.43. The third-order valence-corrected chi connectivity index (χ3v) is 4.26. The minimum atomic E-state index is -4.79. The summed E-state index contributed by atoms with van der Waals surface area (Å²) in [7, 11) is 0. The van der Waals surface area contributed by atoms with Gasteiger partial charge in [0.15, 0.2) is 11.5 Å². The van der Waals surface area contributed by atoms with Crippen LogP contribution in [0, 0.1) is 6.92 Å². The highest BCUT2D eigenvalue weighted by Gasteiger charge is 2.40. The molecule has 3 aromatic heterocycles. The van der Waals surface area contributed by atoms with Gasteiger partial charge in [-0.3, -0.25) is 4.79 Å². The number of aromatic nitrogens is 6. The van der Waals surface area contributed by atoms with Gasteiger partial charge in [-0.2, -0.15) is 28.5 Å². The molecule has 0 bridgehead atoms. The number of alkyl halides is 3. The van der Waals surface area contributed by atoms with Crippen LogP contribution in [0.25, 0.3) is 11.5 Å². The molecule has 0 radical (unpaired) electrons. The number of benzene rings is 1. The second kappa shape index (κ2) is 7.43. The highest BCUT2D eigenvalue weighted by Crippen LogP contribution is 2.34. The number of amides is 1. The molecule has 0 saturated heterocycles. The highest BCUT2D eigenvalue weighted by atomic mass is 19.4. The molecule has 0 fully saturated rings. The lowest BCUT2D eigenvalue weighted by Gasteiger charge is -2.14. The summed E-state index contributed by atoms with van der Waals surface area (Å²) in [6.07, 6.45) is 0.360. The van der Waals surface area contributed by atoms with Gasteiger partial charge in [0.1, 0.15) is 0 Å². The van der Waals surface area contributed by atoms with Gasteiger partial charge in [0.25, 0.3) is 5.91 Å². The Balaban J connectivity index is 1.65. The fraction of sp³-hybridized carbons (Fsp3) is 0.105. The Labute approximate surface area is 168 Å². The molecule has 0 atom stereocenters. The van der Waals surface area contributed by atoms with Crippen LogP contribution in [-0.4, -0.2) is 35.7 Å². The van der Waals surface area contributed by atoms with E-state index in [0.29, 0.717) is 11.4 Å². The van der Waals surface area contributed by atoms with Gasteiger partial charge < -0.3 is 5.32 Å². The molecule has 0 aliphatic carbocycles. The maximum absolute atomic E-state index is 13.8. The molecule has 0 spiro atoms. The van der Waals surface area contributed by atoms with Crippen molar-refractivity contribution in [3.63, 3.8) is 0 Å². The summed E-state index contributed by atoms with van der Waals surface area (Å²) in [5, 5.41) is 14.1. The largest absolute Gasteiger partial charge is 0.434 e. The first-order valence-electron chi connectivity index (χ1n) is 8.70. The van der Waals surface area contributed by atoms with Crippen molar-refractivity contribution in [1.29, 1.82) is 0 Å². The molecule has 0 aliphatic rings. The number of pyridine rings is 1. The molecule has 1 aromatic carbocycles. The summed E-state index contributed by atoms with van der Waals surface area (Å²) in [6.45, 7) is 1.67. The van der Waals surface area contributed by atoms with Crippen LogP contribution in [0.4, 0.5) is 18.9 Å². The quantitative estimate of drug-likeness (QED) is 0.554. The number of nitrogens with zero attached hydrogens (tertiary/aromatic N) is 6. The number of rotatable bonds is 4. The van der Waals surface area contributed by atoms with E-state index in [1.807, 2.05) is 0 Å². The number of hydrogen-bond donors (Lipinski definition) is 1. The molecule has 30 heavy (non-hydrogen) atoms. The van der Waals surface area contributed by atoms with Crippen molar-refractivity contribution in [2.24, 2.45) is 0 Å². The lowest BCUT2D eigenvalue weighted by molar-refractivity contribution is -0.143. The van der Waals surface area contributed by atoms with Gasteiger partial charge in [0.2, 0.25) is 0 Å². The fourth-order valence-electron chi connectivity index (χ4n) is 2.88. The molecule has 152 valence electrons. The molecule has 11 heteroatoms. The number of para-hydroxylation sites is 1. The third-order valence-electron chi connectivity index (χ3n) is 4.26. The maximum atomic E-state index is 13.8. The second-order valence-corrected chi connectivity index (χ2v) is 6.28. The van der Waals surface area contributed by atoms with Gasteiger partial charge in [-0.25, -0.2) is 9.67 Å². The first-order valence-corrected chi connectivity index (χ1v) is 8.70. The average molecular weight is 413 g/mol. The molecule has 1 N–H and O–H groups in total. The number of hydrogen-bond acceptors (Lipinski definition) is 5. The van der Waals surface area contributed by atoms with Gasteiger partial charge in [0, 0.05) is 0 Å². The van der Waals surface area contributed by atoms with Crippen molar-refractivity contribution < 1.29 is 18.0 Å². The van der Waals surface area contributed by atoms with E-state index in [1.165, 1.54) is 41.6 Å². The van der Waals surface area contributed by atoms with E-state index in [0.717, 1.165) is 10.9 Å². The number of aryl methyl sites for hydroxylation is 1. The molecule has 4 aromatic rings. The van der Waals surface area contributed by atoms with Crippen molar-refractivity contribution in [2.75, 3.05) is 5.32 Å².